The molecule has 1 aliphatic rings. The molecule has 5 rings (SSSR count). The predicted molar refractivity (Wildman–Crippen MR) is 126 cm³/mol. The van der Waals surface area contributed by atoms with Crippen molar-refractivity contribution in [2.24, 2.45) is 0 Å². The van der Waals surface area contributed by atoms with E-state index in [0.29, 0.717) is 17.1 Å². The number of imidazole rings is 1. The number of carboxylic acid groups (broad SMARTS) is 1. The summed E-state index contributed by atoms with van der Waals surface area (Å²) in [6.45, 7) is 1.69. The number of aromatic nitrogens is 4. The molecule has 1 aliphatic heterocycles. The summed E-state index contributed by atoms with van der Waals surface area (Å²) in [7, 11) is 0. The molecule has 1 atom stereocenters. The molecule has 180 valence electrons. The maximum absolute atomic E-state index is 15.1. The Labute approximate surface area is 211 Å². The number of benzene rings is 1. The number of ether oxygens (including phenoxy) is 1. The Morgan fingerprint density at radius 2 is 2.06 bits per heavy atom. The Hall–Kier alpha value is -3.28. The van der Waals surface area contributed by atoms with Crippen molar-refractivity contribution in [1.29, 1.82) is 0 Å². The Morgan fingerprint density at radius 1 is 1.26 bits per heavy atom. The normalized spacial score (nSPS) is 15.3. The highest BCUT2D eigenvalue weighted by Gasteiger charge is 2.38. The minimum absolute atomic E-state index is 0.0545. The fraction of sp³-hybridized carbons (Fsp3) is 0.227. The smallest absolute Gasteiger partial charge is 0.354 e. The van der Waals surface area contributed by atoms with Crippen molar-refractivity contribution in [3.05, 3.63) is 74.0 Å². The molecule has 9 nitrogen and oxygen atoms in total. The summed E-state index contributed by atoms with van der Waals surface area (Å²) in [6, 6.07) is 6.04. The number of carbonyl (C=O) groups excluding carboxylic acids is 1. The first-order valence-electron chi connectivity index (χ1n) is 10.3. The van der Waals surface area contributed by atoms with Crippen LogP contribution in [0.4, 0.5) is 4.39 Å². The van der Waals surface area contributed by atoms with Gasteiger partial charge in [0.15, 0.2) is 17.5 Å². The van der Waals surface area contributed by atoms with Gasteiger partial charge < -0.3 is 14.7 Å². The van der Waals surface area contributed by atoms with Crippen LogP contribution in [-0.4, -0.2) is 54.6 Å². The lowest BCUT2D eigenvalue weighted by Gasteiger charge is -2.35. The Balaban J connectivity index is 1.50. The third-order valence-corrected chi connectivity index (χ3v) is 6.87. The lowest BCUT2D eigenvalue weighted by atomic mass is 9.95. The van der Waals surface area contributed by atoms with Gasteiger partial charge in [-0.05, 0) is 31.2 Å². The van der Waals surface area contributed by atoms with Crippen LogP contribution in [0.3, 0.4) is 0 Å². The van der Waals surface area contributed by atoms with Crippen LogP contribution in [0.5, 0.6) is 5.75 Å². The number of aromatic carboxylic acids is 1. The first kappa shape index (κ1) is 23.5. The van der Waals surface area contributed by atoms with Gasteiger partial charge in [0, 0.05) is 23.6 Å². The second-order valence-corrected chi connectivity index (χ2v) is 9.70. The van der Waals surface area contributed by atoms with E-state index in [1.807, 2.05) is 6.92 Å². The number of hydrogen-bond acceptors (Lipinski definition) is 7. The van der Waals surface area contributed by atoms with Crippen LogP contribution in [0, 0.1) is 12.7 Å². The van der Waals surface area contributed by atoms with Gasteiger partial charge >= 0.3 is 5.97 Å². The molecular formula is C22H16Cl2FN5O4S. The molecule has 13 heteroatoms. The highest BCUT2D eigenvalue weighted by Crippen LogP contribution is 2.38. The number of aryl methyl sites for hydroxylation is 1. The number of fused-ring (bicyclic) bond motifs is 3. The predicted octanol–water partition coefficient (Wildman–Crippen LogP) is 4.19. The molecule has 0 spiro atoms. The molecule has 0 fully saturated rings. The fourth-order valence-electron chi connectivity index (χ4n) is 4.04. The highest BCUT2D eigenvalue weighted by molar-refractivity contribution is 7.16. The van der Waals surface area contributed by atoms with E-state index in [4.69, 9.17) is 33.0 Å². The van der Waals surface area contributed by atoms with E-state index in [-0.39, 0.29) is 33.7 Å². The van der Waals surface area contributed by atoms with Crippen molar-refractivity contribution >= 4 is 51.4 Å². The van der Waals surface area contributed by atoms with Gasteiger partial charge in [-0.25, -0.2) is 23.7 Å². The zero-order chi connectivity index (χ0) is 24.9. The van der Waals surface area contributed by atoms with Crippen molar-refractivity contribution in [3.63, 3.8) is 0 Å². The summed E-state index contributed by atoms with van der Waals surface area (Å²) >= 11 is 13.4. The molecule has 4 aromatic rings. The fourth-order valence-corrected chi connectivity index (χ4v) is 5.18. The SMILES string of the molecule is Cc1nn2c3c(nc2s1)CCN(C(=O)COc1ccc(C(=O)O)nc1Cl)C3c1ccc(Cl)cc1F. The molecule has 1 unspecified atom stereocenters. The monoisotopic (exact) mass is 535 g/mol. The van der Waals surface area contributed by atoms with Crippen LogP contribution in [0.25, 0.3) is 4.96 Å². The average Bonchev–Trinajstić information content (AvgIpc) is 3.33. The van der Waals surface area contributed by atoms with E-state index in [9.17, 15) is 9.59 Å². The van der Waals surface area contributed by atoms with Gasteiger partial charge in [0.1, 0.15) is 22.6 Å². The molecule has 35 heavy (non-hydrogen) atoms. The molecule has 1 aromatic carbocycles. The quantitative estimate of drug-likeness (QED) is 0.381. The topological polar surface area (TPSA) is 110 Å². The molecule has 0 aliphatic carbocycles. The zero-order valence-electron chi connectivity index (χ0n) is 18.0. The van der Waals surface area contributed by atoms with Crippen LogP contribution in [0.15, 0.2) is 30.3 Å². The van der Waals surface area contributed by atoms with Crippen molar-refractivity contribution in [1.82, 2.24) is 24.5 Å². The van der Waals surface area contributed by atoms with E-state index in [1.165, 1.54) is 34.4 Å². The van der Waals surface area contributed by atoms with Crippen LogP contribution >= 0.6 is 34.5 Å². The van der Waals surface area contributed by atoms with E-state index in [0.717, 1.165) is 10.7 Å². The van der Waals surface area contributed by atoms with Crippen LogP contribution < -0.4 is 4.74 Å². The first-order chi connectivity index (χ1) is 16.7. The number of halogens is 3. The number of hydrogen-bond donors (Lipinski definition) is 1. The molecule has 0 saturated heterocycles. The summed E-state index contributed by atoms with van der Waals surface area (Å²) in [5.74, 6) is -2.18. The number of carboxylic acids is 1. The van der Waals surface area contributed by atoms with Crippen LogP contribution in [0.1, 0.15) is 38.5 Å². The van der Waals surface area contributed by atoms with E-state index >= 15 is 4.39 Å². The summed E-state index contributed by atoms with van der Waals surface area (Å²) in [4.78, 5) is 34.9. The summed E-state index contributed by atoms with van der Waals surface area (Å²) < 4.78 is 22.3. The molecule has 0 radical (unpaired) electrons. The molecule has 1 N–H and O–H groups in total. The van der Waals surface area contributed by atoms with E-state index < -0.39 is 30.3 Å². The molecule has 4 heterocycles. The van der Waals surface area contributed by atoms with Gasteiger partial charge in [-0.15, -0.1) is 0 Å². The summed E-state index contributed by atoms with van der Waals surface area (Å²) in [6.07, 6.45) is 0.456. The third-order valence-electron chi connectivity index (χ3n) is 5.54. The van der Waals surface area contributed by atoms with Crippen molar-refractivity contribution < 1.29 is 23.8 Å². The number of rotatable bonds is 5. The third kappa shape index (κ3) is 4.30. The Bertz CT molecular complexity index is 1490. The Morgan fingerprint density at radius 3 is 2.77 bits per heavy atom. The zero-order valence-corrected chi connectivity index (χ0v) is 20.4. The average molecular weight is 536 g/mol. The highest BCUT2D eigenvalue weighted by atomic mass is 35.5. The van der Waals surface area contributed by atoms with Gasteiger partial charge in [0.05, 0.1) is 11.4 Å². The van der Waals surface area contributed by atoms with Gasteiger partial charge in [0.2, 0.25) is 4.96 Å². The van der Waals surface area contributed by atoms with Crippen molar-refractivity contribution in [2.45, 2.75) is 19.4 Å². The Kier molecular flexibility index (Phi) is 6.07. The first-order valence-corrected chi connectivity index (χ1v) is 11.9. The maximum Gasteiger partial charge on any atom is 0.354 e. The van der Waals surface area contributed by atoms with Gasteiger partial charge in [-0.3, -0.25) is 4.79 Å². The minimum atomic E-state index is -1.24. The molecular weight excluding hydrogens is 520 g/mol. The summed E-state index contributed by atoms with van der Waals surface area (Å²) in [5, 5.41) is 14.4. The van der Waals surface area contributed by atoms with Gasteiger partial charge in [0.25, 0.3) is 5.91 Å². The van der Waals surface area contributed by atoms with Crippen LogP contribution in [-0.2, 0) is 11.2 Å². The van der Waals surface area contributed by atoms with E-state index in [1.54, 1.807) is 16.6 Å². The summed E-state index contributed by atoms with van der Waals surface area (Å²) in [5.41, 5.74) is 1.35. The number of nitrogens with zero attached hydrogens (tertiary/aromatic N) is 5. The molecule has 1 amide bonds. The van der Waals surface area contributed by atoms with Crippen molar-refractivity contribution in [3.8, 4) is 5.75 Å². The number of pyridine rings is 1. The largest absolute Gasteiger partial charge is 0.481 e. The molecule has 3 aromatic heterocycles. The lowest BCUT2D eigenvalue weighted by Crippen LogP contribution is -2.43. The van der Waals surface area contributed by atoms with E-state index in [2.05, 4.69) is 15.1 Å². The molecule has 0 saturated carbocycles. The standard InChI is InChI=1S/C22H16Cl2FN5O4S/c1-10-28-30-19-14(27-22(30)35-10)6-7-29(18(19)12-3-2-11(23)8-13(12)25)17(31)9-34-16-5-4-15(21(32)33)26-20(16)24/h2-5,8,18H,6-7,9H2,1H3,(H,32,33). The lowest BCUT2D eigenvalue weighted by molar-refractivity contribution is -0.135. The maximum atomic E-state index is 15.1. The minimum Gasteiger partial charge on any atom is -0.481 e. The van der Waals surface area contributed by atoms with Crippen LogP contribution in [0.2, 0.25) is 10.2 Å². The van der Waals surface area contributed by atoms with Gasteiger partial charge in [-0.1, -0.05) is 40.6 Å². The van der Waals surface area contributed by atoms with Crippen molar-refractivity contribution in [2.75, 3.05) is 13.2 Å². The second-order valence-electron chi connectivity index (χ2n) is 7.74. The number of carbonyl (C=O) groups is 2. The number of amides is 1. The van der Waals surface area contributed by atoms with Gasteiger partial charge in [-0.2, -0.15) is 5.10 Å². The molecule has 0 bridgehead atoms. The second kappa shape index (κ2) is 9.06.